The van der Waals surface area contributed by atoms with Crippen molar-refractivity contribution in [1.29, 1.82) is 0 Å². The van der Waals surface area contributed by atoms with Gasteiger partial charge in [-0.3, -0.25) is 20.4 Å². The Morgan fingerprint density at radius 2 is 1.15 bits per heavy atom. The monoisotopic (exact) mass is 346 g/mol. The maximum Gasteiger partial charge on any atom is 0.269 e. The van der Waals surface area contributed by atoms with Crippen LogP contribution in [0, 0.1) is 0 Å². The van der Waals surface area contributed by atoms with E-state index in [9.17, 15) is 9.59 Å². The number of amides is 2. The average molecular weight is 346 g/mol. The molecule has 0 aromatic heterocycles. The molecule has 0 saturated carbocycles. The molecule has 0 fully saturated rings. The van der Waals surface area contributed by atoms with Crippen molar-refractivity contribution in [2.45, 2.75) is 6.61 Å². The molecule has 0 spiro atoms. The van der Waals surface area contributed by atoms with Crippen molar-refractivity contribution >= 4 is 11.8 Å². The molecule has 2 amide bonds. The lowest BCUT2D eigenvalue weighted by Gasteiger charge is -2.09. The van der Waals surface area contributed by atoms with Crippen LogP contribution in [0.4, 0.5) is 0 Å². The molecule has 3 aromatic rings. The van der Waals surface area contributed by atoms with Crippen molar-refractivity contribution < 1.29 is 14.3 Å². The smallest absolute Gasteiger partial charge is 0.269 e. The number of para-hydroxylation sites is 1. The Balaban J connectivity index is 1.51. The molecule has 0 bridgehead atoms. The summed E-state index contributed by atoms with van der Waals surface area (Å²) in [5.74, 6) is 0.0367. The summed E-state index contributed by atoms with van der Waals surface area (Å²) in [6.45, 7) is 0.413. The first kappa shape index (κ1) is 17.2. The molecule has 2 N–H and O–H groups in total. The summed E-state index contributed by atoms with van der Waals surface area (Å²) in [6.07, 6.45) is 0. The highest BCUT2D eigenvalue weighted by Gasteiger charge is 2.08. The van der Waals surface area contributed by atoms with Gasteiger partial charge in [0, 0.05) is 11.1 Å². The Morgan fingerprint density at radius 3 is 1.73 bits per heavy atom. The second-order valence-electron chi connectivity index (χ2n) is 5.57. The Kier molecular flexibility index (Phi) is 5.62. The first-order valence-electron chi connectivity index (χ1n) is 8.15. The number of hydrogen-bond acceptors (Lipinski definition) is 3. The molecule has 0 saturated heterocycles. The number of ether oxygens (including phenoxy) is 1. The molecule has 0 aliphatic heterocycles. The number of hydrogen-bond donors (Lipinski definition) is 2. The van der Waals surface area contributed by atoms with Crippen molar-refractivity contribution in [3.8, 4) is 5.75 Å². The van der Waals surface area contributed by atoms with Gasteiger partial charge >= 0.3 is 0 Å². The third kappa shape index (κ3) is 4.70. The molecule has 0 unspecified atom stereocenters. The largest absolute Gasteiger partial charge is 0.489 e. The minimum Gasteiger partial charge on any atom is -0.489 e. The molecular formula is C21H18N2O3. The van der Waals surface area contributed by atoms with Gasteiger partial charge in [-0.2, -0.15) is 0 Å². The van der Waals surface area contributed by atoms with Crippen LogP contribution in [0.25, 0.3) is 0 Å². The fourth-order valence-electron chi connectivity index (χ4n) is 2.28. The lowest BCUT2D eigenvalue weighted by atomic mass is 10.1. The van der Waals surface area contributed by atoms with Crippen LogP contribution in [0.1, 0.15) is 26.3 Å². The number of rotatable bonds is 5. The van der Waals surface area contributed by atoms with Gasteiger partial charge in [0.15, 0.2) is 0 Å². The van der Waals surface area contributed by atoms with Crippen molar-refractivity contribution in [3.63, 3.8) is 0 Å². The minimum absolute atomic E-state index is 0.369. The van der Waals surface area contributed by atoms with Crippen molar-refractivity contribution in [3.05, 3.63) is 102 Å². The van der Waals surface area contributed by atoms with E-state index in [0.29, 0.717) is 17.7 Å². The standard InChI is InChI=1S/C21H18N2O3/c24-20(17-7-3-1-4-8-17)22-23-21(25)18-13-11-16(12-14-18)15-26-19-9-5-2-6-10-19/h1-14H,15H2,(H,22,24)(H,23,25). The molecule has 5 nitrogen and oxygen atoms in total. The van der Waals surface area contributed by atoms with E-state index in [1.165, 1.54) is 0 Å². The van der Waals surface area contributed by atoms with Crippen LogP contribution in [0.2, 0.25) is 0 Å². The molecular weight excluding hydrogens is 328 g/mol. The van der Waals surface area contributed by atoms with Gasteiger partial charge in [-0.25, -0.2) is 0 Å². The van der Waals surface area contributed by atoms with Gasteiger partial charge in [-0.1, -0.05) is 48.5 Å². The van der Waals surface area contributed by atoms with Crippen LogP contribution in [0.5, 0.6) is 5.75 Å². The van der Waals surface area contributed by atoms with Gasteiger partial charge in [0.1, 0.15) is 12.4 Å². The zero-order valence-electron chi connectivity index (χ0n) is 14.0. The molecule has 0 heterocycles. The van der Waals surface area contributed by atoms with E-state index in [2.05, 4.69) is 10.9 Å². The third-order valence-electron chi connectivity index (χ3n) is 3.69. The first-order chi connectivity index (χ1) is 12.7. The Hall–Kier alpha value is -3.60. The molecule has 130 valence electrons. The van der Waals surface area contributed by atoms with Crippen LogP contribution in [-0.4, -0.2) is 11.8 Å². The number of hydrazine groups is 1. The van der Waals surface area contributed by atoms with E-state index < -0.39 is 0 Å². The molecule has 0 aliphatic carbocycles. The number of carbonyl (C=O) groups excluding carboxylic acids is 2. The van der Waals surface area contributed by atoms with E-state index in [0.717, 1.165) is 11.3 Å². The minimum atomic E-state index is -0.384. The highest BCUT2D eigenvalue weighted by atomic mass is 16.5. The SMILES string of the molecule is O=C(NNC(=O)c1ccc(COc2ccccc2)cc1)c1ccccc1. The highest BCUT2D eigenvalue weighted by Crippen LogP contribution is 2.12. The average Bonchev–Trinajstić information content (AvgIpc) is 2.72. The number of carbonyl (C=O) groups is 2. The summed E-state index contributed by atoms with van der Waals surface area (Å²) < 4.78 is 5.66. The fourth-order valence-corrected chi connectivity index (χ4v) is 2.28. The van der Waals surface area contributed by atoms with Gasteiger partial charge in [0.05, 0.1) is 0 Å². The predicted molar refractivity (Wildman–Crippen MR) is 98.6 cm³/mol. The predicted octanol–water partition coefficient (Wildman–Crippen LogP) is 3.34. The molecule has 0 radical (unpaired) electrons. The maximum absolute atomic E-state index is 12.1. The van der Waals surface area contributed by atoms with Gasteiger partial charge in [-0.15, -0.1) is 0 Å². The van der Waals surface area contributed by atoms with Crippen LogP contribution >= 0.6 is 0 Å². The molecule has 0 atom stereocenters. The van der Waals surface area contributed by atoms with Gasteiger partial charge < -0.3 is 4.74 Å². The van der Waals surface area contributed by atoms with Crippen molar-refractivity contribution in [1.82, 2.24) is 10.9 Å². The summed E-state index contributed by atoms with van der Waals surface area (Å²) in [7, 11) is 0. The zero-order valence-corrected chi connectivity index (χ0v) is 14.0. The summed E-state index contributed by atoms with van der Waals surface area (Å²) in [5, 5.41) is 0. The van der Waals surface area contributed by atoms with E-state index in [1.54, 1.807) is 36.4 Å². The van der Waals surface area contributed by atoms with Gasteiger partial charge in [0.25, 0.3) is 11.8 Å². The summed E-state index contributed by atoms with van der Waals surface area (Å²) in [6, 6.07) is 25.2. The Morgan fingerprint density at radius 1 is 0.654 bits per heavy atom. The zero-order chi connectivity index (χ0) is 18.2. The van der Waals surface area contributed by atoms with E-state index >= 15 is 0 Å². The quantitative estimate of drug-likeness (QED) is 0.696. The first-order valence-corrected chi connectivity index (χ1v) is 8.15. The van der Waals surface area contributed by atoms with Crippen LogP contribution in [-0.2, 0) is 6.61 Å². The second kappa shape index (κ2) is 8.48. The summed E-state index contributed by atoms with van der Waals surface area (Å²) in [5.41, 5.74) is 6.66. The van der Waals surface area contributed by atoms with Crippen molar-refractivity contribution in [2.75, 3.05) is 0 Å². The highest BCUT2D eigenvalue weighted by molar-refractivity contribution is 5.99. The summed E-state index contributed by atoms with van der Waals surface area (Å²) >= 11 is 0. The fraction of sp³-hybridized carbons (Fsp3) is 0.0476. The third-order valence-corrected chi connectivity index (χ3v) is 3.69. The Labute approximate surface area is 151 Å². The Bertz CT molecular complexity index is 863. The molecule has 3 aromatic carbocycles. The number of nitrogens with one attached hydrogen (secondary N) is 2. The van der Waals surface area contributed by atoms with Crippen LogP contribution in [0.3, 0.4) is 0 Å². The summed E-state index contributed by atoms with van der Waals surface area (Å²) in [4.78, 5) is 24.0. The van der Waals surface area contributed by atoms with E-state index in [4.69, 9.17) is 4.74 Å². The topological polar surface area (TPSA) is 67.4 Å². The van der Waals surface area contributed by atoms with Gasteiger partial charge in [0.2, 0.25) is 0 Å². The van der Waals surface area contributed by atoms with Gasteiger partial charge in [-0.05, 0) is 42.0 Å². The number of benzene rings is 3. The molecule has 3 rings (SSSR count). The second-order valence-corrected chi connectivity index (χ2v) is 5.57. The normalized spacial score (nSPS) is 10.0. The van der Waals surface area contributed by atoms with Crippen LogP contribution in [0.15, 0.2) is 84.9 Å². The lowest BCUT2D eigenvalue weighted by Crippen LogP contribution is -2.41. The van der Waals surface area contributed by atoms with Crippen LogP contribution < -0.4 is 15.6 Å². The molecule has 0 aliphatic rings. The van der Waals surface area contributed by atoms with E-state index in [1.807, 2.05) is 48.5 Å². The maximum atomic E-state index is 12.1. The molecule has 26 heavy (non-hydrogen) atoms. The lowest BCUT2D eigenvalue weighted by molar-refractivity contribution is 0.0846. The molecule has 5 heteroatoms. The van der Waals surface area contributed by atoms with E-state index in [-0.39, 0.29) is 11.8 Å². The van der Waals surface area contributed by atoms with Crippen molar-refractivity contribution in [2.24, 2.45) is 0 Å².